The Labute approximate surface area is 127 Å². The number of nitrogens with one attached hydrogen (secondary N) is 1. The largest absolute Gasteiger partial charge is 0.350 e. The van der Waals surface area contributed by atoms with Crippen molar-refractivity contribution in [3.8, 4) is 0 Å². The summed E-state index contributed by atoms with van der Waals surface area (Å²) in [5.41, 5.74) is 0.730. The summed E-state index contributed by atoms with van der Waals surface area (Å²) in [6.45, 7) is 0. The van der Waals surface area contributed by atoms with Gasteiger partial charge in [-0.25, -0.2) is 13.1 Å². The third-order valence-electron chi connectivity index (χ3n) is 3.57. The molecule has 2 heterocycles. The molecule has 1 amide bonds. The second-order valence-corrected chi connectivity index (χ2v) is 7.44. The van der Waals surface area contributed by atoms with E-state index in [0.717, 1.165) is 5.56 Å². The first-order valence-corrected chi connectivity index (χ1v) is 8.65. The van der Waals surface area contributed by atoms with Gasteiger partial charge in [0.15, 0.2) is 15.9 Å². The van der Waals surface area contributed by atoms with Crippen LogP contribution in [0, 0.1) is 0 Å². The van der Waals surface area contributed by atoms with Crippen molar-refractivity contribution in [2.24, 2.45) is 0 Å². The van der Waals surface area contributed by atoms with Gasteiger partial charge >= 0.3 is 0 Å². The Kier molecular flexibility index (Phi) is 3.88. The van der Waals surface area contributed by atoms with Crippen molar-refractivity contribution < 1.29 is 13.2 Å². The lowest BCUT2D eigenvalue weighted by Crippen LogP contribution is -2.41. The van der Waals surface area contributed by atoms with E-state index in [1.165, 1.54) is 11.0 Å². The van der Waals surface area contributed by atoms with Crippen LogP contribution < -0.4 is 5.32 Å². The fourth-order valence-corrected chi connectivity index (χ4v) is 4.21. The van der Waals surface area contributed by atoms with Gasteiger partial charge in [0.25, 0.3) is 0 Å². The number of aromatic nitrogens is 4. The monoisotopic (exact) mass is 321 g/mol. The van der Waals surface area contributed by atoms with Gasteiger partial charge < -0.3 is 5.32 Å². The normalized spacial score (nSPS) is 21.4. The molecule has 1 aromatic heterocycles. The zero-order chi connectivity index (χ0) is 15.6. The van der Waals surface area contributed by atoms with Crippen LogP contribution in [0.25, 0.3) is 0 Å². The Morgan fingerprint density at radius 3 is 2.68 bits per heavy atom. The molecule has 2 aromatic rings. The van der Waals surface area contributed by atoms with Crippen molar-refractivity contribution in [2.45, 2.75) is 18.5 Å². The second kappa shape index (κ2) is 5.84. The molecular formula is C13H15N5O3S. The molecule has 1 N–H and O–H groups in total. The van der Waals surface area contributed by atoms with E-state index in [-0.39, 0.29) is 23.5 Å². The summed E-state index contributed by atoms with van der Waals surface area (Å²) in [4.78, 5) is 12.6. The minimum Gasteiger partial charge on any atom is -0.350 e. The van der Waals surface area contributed by atoms with E-state index < -0.39 is 15.9 Å². The molecule has 8 nitrogen and oxygen atoms in total. The molecule has 0 spiro atoms. The predicted molar refractivity (Wildman–Crippen MR) is 77.6 cm³/mol. The Morgan fingerprint density at radius 1 is 1.32 bits per heavy atom. The van der Waals surface area contributed by atoms with Gasteiger partial charge in [-0.1, -0.05) is 30.3 Å². The zero-order valence-corrected chi connectivity index (χ0v) is 12.5. The van der Waals surface area contributed by atoms with Crippen molar-refractivity contribution in [3.05, 3.63) is 42.2 Å². The van der Waals surface area contributed by atoms with Crippen molar-refractivity contribution in [2.75, 3.05) is 11.5 Å². The maximum absolute atomic E-state index is 12.6. The number of carbonyl (C=O) groups is 1. The lowest BCUT2D eigenvalue weighted by Gasteiger charge is -2.19. The Balaban J connectivity index is 1.82. The number of benzene rings is 1. The molecule has 2 unspecified atom stereocenters. The topological polar surface area (TPSA) is 107 Å². The SMILES string of the molecule is O=C(NC1CCS(=O)(=O)C1)C(c1ccccc1)n1cnnn1. The Morgan fingerprint density at radius 2 is 2.09 bits per heavy atom. The molecule has 0 bridgehead atoms. The third kappa shape index (κ3) is 3.14. The molecular weight excluding hydrogens is 306 g/mol. The first-order valence-electron chi connectivity index (χ1n) is 6.83. The van der Waals surface area contributed by atoms with Crippen LogP contribution in [0.5, 0.6) is 0 Å². The smallest absolute Gasteiger partial charge is 0.249 e. The minimum absolute atomic E-state index is 0.0180. The molecule has 0 radical (unpaired) electrons. The molecule has 1 aromatic carbocycles. The Bertz CT molecular complexity index is 745. The first kappa shape index (κ1) is 14.6. The van der Waals surface area contributed by atoms with E-state index >= 15 is 0 Å². The van der Waals surface area contributed by atoms with Gasteiger partial charge in [0.2, 0.25) is 5.91 Å². The van der Waals surface area contributed by atoms with Crippen LogP contribution in [0.2, 0.25) is 0 Å². The lowest BCUT2D eigenvalue weighted by molar-refractivity contribution is -0.124. The van der Waals surface area contributed by atoms with Crippen LogP contribution in [0.15, 0.2) is 36.7 Å². The number of sulfone groups is 1. The number of tetrazole rings is 1. The van der Waals surface area contributed by atoms with Crippen LogP contribution in [-0.2, 0) is 14.6 Å². The molecule has 1 saturated heterocycles. The number of rotatable bonds is 4. The zero-order valence-electron chi connectivity index (χ0n) is 11.7. The van der Waals surface area contributed by atoms with E-state index in [1.807, 2.05) is 18.2 Å². The van der Waals surface area contributed by atoms with Gasteiger partial charge in [0.1, 0.15) is 6.33 Å². The van der Waals surface area contributed by atoms with Gasteiger partial charge in [0, 0.05) is 6.04 Å². The highest BCUT2D eigenvalue weighted by molar-refractivity contribution is 7.91. The van der Waals surface area contributed by atoms with Crippen LogP contribution in [0.1, 0.15) is 18.0 Å². The van der Waals surface area contributed by atoms with Gasteiger partial charge in [-0.2, -0.15) is 0 Å². The van der Waals surface area contributed by atoms with Gasteiger partial charge in [-0.3, -0.25) is 4.79 Å². The van der Waals surface area contributed by atoms with Crippen LogP contribution in [-0.4, -0.2) is 52.1 Å². The molecule has 3 rings (SSSR count). The van der Waals surface area contributed by atoms with Crippen LogP contribution in [0.4, 0.5) is 0 Å². The highest BCUT2D eigenvalue weighted by Gasteiger charge is 2.32. The van der Waals surface area contributed by atoms with E-state index in [2.05, 4.69) is 20.8 Å². The Hall–Kier alpha value is -2.29. The summed E-state index contributed by atoms with van der Waals surface area (Å²) in [5.74, 6) is -0.227. The maximum Gasteiger partial charge on any atom is 0.249 e. The molecule has 22 heavy (non-hydrogen) atoms. The average Bonchev–Trinajstić information content (AvgIpc) is 3.10. The number of amides is 1. The van der Waals surface area contributed by atoms with E-state index in [9.17, 15) is 13.2 Å². The van der Waals surface area contributed by atoms with Crippen LogP contribution >= 0.6 is 0 Å². The van der Waals surface area contributed by atoms with Gasteiger partial charge in [-0.05, 0) is 22.4 Å². The summed E-state index contributed by atoms with van der Waals surface area (Å²) in [6, 6.07) is 8.01. The highest BCUT2D eigenvalue weighted by atomic mass is 32.2. The summed E-state index contributed by atoms with van der Waals surface area (Å²) in [6.07, 6.45) is 1.80. The maximum atomic E-state index is 12.6. The molecule has 1 fully saturated rings. The summed E-state index contributed by atoms with van der Waals surface area (Å²) >= 11 is 0. The fourth-order valence-electron chi connectivity index (χ4n) is 2.54. The van der Waals surface area contributed by atoms with Crippen molar-refractivity contribution >= 4 is 15.7 Å². The van der Waals surface area contributed by atoms with E-state index in [4.69, 9.17) is 0 Å². The molecule has 1 aliphatic heterocycles. The quantitative estimate of drug-likeness (QED) is 0.818. The summed E-state index contributed by atoms with van der Waals surface area (Å²) in [5, 5.41) is 13.7. The van der Waals surface area contributed by atoms with E-state index in [1.54, 1.807) is 12.1 Å². The average molecular weight is 321 g/mol. The molecule has 0 aliphatic carbocycles. The number of hydrogen-bond donors (Lipinski definition) is 1. The second-order valence-electron chi connectivity index (χ2n) is 5.21. The van der Waals surface area contributed by atoms with Crippen molar-refractivity contribution in [1.82, 2.24) is 25.5 Å². The van der Waals surface area contributed by atoms with Gasteiger partial charge in [-0.15, -0.1) is 5.10 Å². The highest BCUT2D eigenvalue weighted by Crippen LogP contribution is 2.19. The van der Waals surface area contributed by atoms with Gasteiger partial charge in [0.05, 0.1) is 11.5 Å². The molecule has 2 atom stereocenters. The number of nitrogens with zero attached hydrogens (tertiary/aromatic N) is 4. The summed E-state index contributed by atoms with van der Waals surface area (Å²) in [7, 11) is -3.05. The standard InChI is InChI=1S/C13H15N5O3S/c19-13(15-11-6-7-22(20,21)8-11)12(18-9-14-16-17-18)10-4-2-1-3-5-10/h1-5,9,11-12H,6-8H2,(H,15,19). The minimum atomic E-state index is -3.05. The number of carbonyl (C=O) groups excluding carboxylic acids is 1. The fraction of sp³-hybridized carbons (Fsp3) is 0.385. The summed E-state index contributed by atoms with van der Waals surface area (Å²) < 4.78 is 24.4. The molecule has 116 valence electrons. The lowest BCUT2D eigenvalue weighted by atomic mass is 10.1. The molecule has 0 saturated carbocycles. The molecule has 9 heteroatoms. The predicted octanol–water partition coefficient (Wildman–Crippen LogP) is -0.434. The first-order chi connectivity index (χ1) is 10.6. The van der Waals surface area contributed by atoms with Crippen molar-refractivity contribution in [1.29, 1.82) is 0 Å². The van der Waals surface area contributed by atoms with Crippen LogP contribution in [0.3, 0.4) is 0 Å². The number of hydrogen-bond acceptors (Lipinski definition) is 6. The van der Waals surface area contributed by atoms with E-state index in [0.29, 0.717) is 6.42 Å². The molecule has 1 aliphatic rings. The third-order valence-corrected chi connectivity index (χ3v) is 5.34. The van der Waals surface area contributed by atoms with Crippen molar-refractivity contribution in [3.63, 3.8) is 0 Å².